The monoisotopic (exact) mass is 170 g/mol. The molecule has 0 heterocycles. The van der Waals surface area contributed by atoms with Crippen LogP contribution in [-0.2, 0) is 0 Å². The van der Waals surface area contributed by atoms with Crippen molar-refractivity contribution in [2.24, 2.45) is 23.7 Å². The predicted molar refractivity (Wildman–Crippen MR) is 51.9 cm³/mol. The molecular weight excluding hydrogens is 148 g/mol. The smallest absolute Gasteiger partial charge is 0.0568 e. The van der Waals surface area contributed by atoms with Gasteiger partial charge in [0.15, 0.2) is 0 Å². The minimum atomic E-state index is -0.0463. The van der Waals surface area contributed by atoms with E-state index in [-0.39, 0.29) is 6.10 Å². The zero-order chi connectivity index (χ0) is 9.30. The van der Waals surface area contributed by atoms with Crippen LogP contribution in [0.5, 0.6) is 0 Å². The number of aliphatic hydroxyl groups is 1. The Balaban J connectivity index is 2.58. The quantitative estimate of drug-likeness (QED) is 0.641. The third kappa shape index (κ3) is 1.82. The van der Waals surface area contributed by atoms with Gasteiger partial charge >= 0.3 is 0 Å². The van der Waals surface area contributed by atoms with E-state index in [2.05, 4.69) is 27.7 Å². The van der Waals surface area contributed by atoms with Crippen LogP contribution in [0.2, 0.25) is 0 Å². The lowest BCUT2D eigenvalue weighted by Crippen LogP contribution is -2.36. The van der Waals surface area contributed by atoms with Gasteiger partial charge in [-0.3, -0.25) is 0 Å². The first-order valence-electron chi connectivity index (χ1n) is 5.22. The summed E-state index contributed by atoms with van der Waals surface area (Å²) in [6.45, 7) is 9.07. The number of hydrogen-bond acceptors (Lipinski definition) is 1. The fourth-order valence-corrected chi connectivity index (χ4v) is 2.57. The molecule has 1 aliphatic rings. The van der Waals surface area contributed by atoms with Crippen LogP contribution in [-0.4, -0.2) is 11.2 Å². The minimum absolute atomic E-state index is 0.0463. The van der Waals surface area contributed by atoms with E-state index in [1.807, 2.05) is 0 Å². The summed E-state index contributed by atoms with van der Waals surface area (Å²) in [5.74, 6) is 2.78. The first-order chi connectivity index (χ1) is 5.54. The van der Waals surface area contributed by atoms with E-state index in [1.165, 1.54) is 6.42 Å². The van der Waals surface area contributed by atoms with Crippen LogP contribution < -0.4 is 0 Å². The lowest BCUT2D eigenvalue weighted by molar-refractivity contribution is 0.00507. The maximum atomic E-state index is 9.65. The minimum Gasteiger partial charge on any atom is -0.393 e. The van der Waals surface area contributed by atoms with Gasteiger partial charge in [0.25, 0.3) is 0 Å². The molecule has 0 radical (unpaired) electrons. The van der Waals surface area contributed by atoms with E-state index in [9.17, 15) is 5.11 Å². The van der Waals surface area contributed by atoms with Crippen LogP contribution in [0.3, 0.4) is 0 Å². The third-order valence-corrected chi connectivity index (χ3v) is 3.76. The van der Waals surface area contributed by atoms with Crippen molar-refractivity contribution in [3.63, 3.8) is 0 Å². The molecule has 4 unspecified atom stereocenters. The molecule has 0 aromatic carbocycles. The highest BCUT2D eigenvalue weighted by Gasteiger charge is 2.33. The summed E-state index contributed by atoms with van der Waals surface area (Å²) >= 11 is 0. The standard InChI is InChI=1S/C11H22O/c1-7(2)10-5-6-11(12)9(4)8(10)3/h7-12H,5-6H2,1-4H3. The zero-order valence-corrected chi connectivity index (χ0v) is 8.75. The predicted octanol–water partition coefficient (Wildman–Crippen LogP) is 2.69. The Morgan fingerprint density at radius 1 is 1.08 bits per heavy atom. The van der Waals surface area contributed by atoms with E-state index < -0.39 is 0 Å². The lowest BCUT2D eigenvalue weighted by Gasteiger charge is -2.39. The highest BCUT2D eigenvalue weighted by atomic mass is 16.3. The molecule has 0 saturated heterocycles. The van der Waals surface area contributed by atoms with Gasteiger partial charge in [-0.2, -0.15) is 0 Å². The Hall–Kier alpha value is -0.0400. The number of aliphatic hydroxyl groups excluding tert-OH is 1. The molecule has 1 heteroatoms. The average molecular weight is 170 g/mol. The van der Waals surface area contributed by atoms with Crippen LogP contribution in [0.1, 0.15) is 40.5 Å². The maximum Gasteiger partial charge on any atom is 0.0568 e. The number of rotatable bonds is 1. The summed E-state index contributed by atoms with van der Waals surface area (Å²) in [7, 11) is 0. The Kier molecular flexibility index (Phi) is 3.16. The molecule has 0 aromatic rings. The Morgan fingerprint density at radius 2 is 1.67 bits per heavy atom. The van der Waals surface area contributed by atoms with Gasteiger partial charge in [0, 0.05) is 0 Å². The largest absolute Gasteiger partial charge is 0.393 e. The first kappa shape index (κ1) is 10.0. The van der Waals surface area contributed by atoms with Crippen LogP contribution in [0.4, 0.5) is 0 Å². The van der Waals surface area contributed by atoms with Gasteiger partial charge in [0.05, 0.1) is 6.10 Å². The molecule has 1 fully saturated rings. The Labute approximate surface area is 76.2 Å². The summed E-state index contributed by atoms with van der Waals surface area (Å²) < 4.78 is 0. The molecule has 0 aliphatic heterocycles. The van der Waals surface area contributed by atoms with Gasteiger partial charge in [0.1, 0.15) is 0 Å². The van der Waals surface area contributed by atoms with Crippen LogP contribution in [0.25, 0.3) is 0 Å². The average Bonchev–Trinajstić information content (AvgIpc) is 2.00. The Bertz CT molecular complexity index is 142. The van der Waals surface area contributed by atoms with Gasteiger partial charge in [-0.05, 0) is 36.5 Å². The summed E-state index contributed by atoms with van der Waals surface area (Å²) in [6.07, 6.45) is 2.17. The van der Waals surface area contributed by atoms with Crippen LogP contribution in [0, 0.1) is 23.7 Å². The van der Waals surface area contributed by atoms with E-state index in [1.54, 1.807) is 0 Å². The van der Waals surface area contributed by atoms with Crippen molar-refractivity contribution in [2.75, 3.05) is 0 Å². The van der Waals surface area contributed by atoms with Crippen molar-refractivity contribution in [1.29, 1.82) is 0 Å². The van der Waals surface area contributed by atoms with Crippen molar-refractivity contribution in [3.8, 4) is 0 Å². The molecule has 1 N–H and O–H groups in total. The van der Waals surface area contributed by atoms with Gasteiger partial charge in [-0.15, -0.1) is 0 Å². The molecule has 0 aromatic heterocycles. The van der Waals surface area contributed by atoms with Gasteiger partial charge < -0.3 is 5.11 Å². The highest BCUT2D eigenvalue weighted by Crippen LogP contribution is 2.38. The normalized spacial score (nSPS) is 43.5. The second-order valence-corrected chi connectivity index (χ2v) is 4.77. The van der Waals surface area contributed by atoms with Crippen molar-refractivity contribution in [3.05, 3.63) is 0 Å². The van der Waals surface area contributed by atoms with Crippen molar-refractivity contribution >= 4 is 0 Å². The maximum absolute atomic E-state index is 9.65. The summed E-state index contributed by atoms with van der Waals surface area (Å²) in [6, 6.07) is 0. The molecule has 0 bridgehead atoms. The molecule has 72 valence electrons. The molecule has 4 atom stereocenters. The molecule has 12 heavy (non-hydrogen) atoms. The Morgan fingerprint density at radius 3 is 2.17 bits per heavy atom. The number of hydrogen-bond donors (Lipinski definition) is 1. The molecular formula is C11H22O. The van der Waals surface area contributed by atoms with Crippen LogP contribution >= 0.6 is 0 Å². The fraction of sp³-hybridized carbons (Fsp3) is 1.00. The molecule has 0 amide bonds. The molecule has 0 spiro atoms. The first-order valence-corrected chi connectivity index (χ1v) is 5.22. The van der Waals surface area contributed by atoms with E-state index in [4.69, 9.17) is 0 Å². The summed E-state index contributed by atoms with van der Waals surface area (Å²) in [5.41, 5.74) is 0. The van der Waals surface area contributed by atoms with Crippen LogP contribution in [0.15, 0.2) is 0 Å². The van der Waals surface area contributed by atoms with Crippen molar-refractivity contribution < 1.29 is 5.11 Å². The van der Waals surface area contributed by atoms with Gasteiger partial charge in [0.2, 0.25) is 0 Å². The summed E-state index contributed by atoms with van der Waals surface area (Å²) in [5, 5.41) is 9.65. The van der Waals surface area contributed by atoms with E-state index in [0.29, 0.717) is 11.8 Å². The third-order valence-electron chi connectivity index (χ3n) is 3.76. The molecule has 1 saturated carbocycles. The second-order valence-electron chi connectivity index (χ2n) is 4.77. The molecule has 1 nitrogen and oxygen atoms in total. The van der Waals surface area contributed by atoms with Crippen molar-refractivity contribution in [1.82, 2.24) is 0 Å². The topological polar surface area (TPSA) is 20.2 Å². The highest BCUT2D eigenvalue weighted by molar-refractivity contribution is 4.83. The lowest BCUT2D eigenvalue weighted by atomic mass is 9.68. The van der Waals surface area contributed by atoms with E-state index >= 15 is 0 Å². The molecule has 1 aliphatic carbocycles. The van der Waals surface area contributed by atoms with Crippen molar-refractivity contribution in [2.45, 2.75) is 46.6 Å². The SMILES string of the molecule is CC(C)C1CCC(O)C(C)C1C. The second kappa shape index (κ2) is 3.78. The van der Waals surface area contributed by atoms with E-state index in [0.717, 1.165) is 18.3 Å². The molecule has 1 rings (SSSR count). The van der Waals surface area contributed by atoms with Gasteiger partial charge in [-0.25, -0.2) is 0 Å². The zero-order valence-electron chi connectivity index (χ0n) is 8.75. The fourth-order valence-electron chi connectivity index (χ4n) is 2.57. The summed E-state index contributed by atoms with van der Waals surface area (Å²) in [4.78, 5) is 0. The van der Waals surface area contributed by atoms with Gasteiger partial charge in [-0.1, -0.05) is 27.7 Å².